The van der Waals surface area contributed by atoms with Crippen molar-refractivity contribution in [3.8, 4) is 0 Å². The highest BCUT2D eigenvalue weighted by Crippen LogP contribution is 2.57. The molecule has 8 unspecified atom stereocenters. The number of hydrogen-bond donors (Lipinski definition) is 0. The van der Waals surface area contributed by atoms with Gasteiger partial charge in [-0.05, 0) is 108 Å². The Kier molecular flexibility index (Phi) is 6.53. The van der Waals surface area contributed by atoms with Crippen LogP contribution in [0.1, 0.15) is 80.6 Å². The minimum absolute atomic E-state index is 0.0300. The summed E-state index contributed by atoms with van der Waals surface area (Å²) in [6, 6.07) is 0. The summed E-state index contributed by atoms with van der Waals surface area (Å²) in [5, 5.41) is 0. The molecule has 3 heteroatoms. The van der Waals surface area contributed by atoms with E-state index in [1.807, 2.05) is 20.8 Å². The van der Waals surface area contributed by atoms with E-state index in [0.29, 0.717) is 17.8 Å². The molecule has 0 aromatic rings. The van der Waals surface area contributed by atoms with Crippen LogP contribution in [0.25, 0.3) is 0 Å². The van der Waals surface area contributed by atoms with Crippen molar-refractivity contribution < 1.29 is 14.3 Å². The van der Waals surface area contributed by atoms with Gasteiger partial charge in [0.2, 0.25) is 0 Å². The van der Waals surface area contributed by atoms with E-state index in [0.717, 1.165) is 24.2 Å². The van der Waals surface area contributed by atoms with Gasteiger partial charge in [0.25, 0.3) is 0 Å². The van der Waals surface area contributed by atoms with Gasteiger partial charge in [0, 0.05) is 0 Å². The summed E-state index contributed by atoms with van der Waals surface area (Å²) in [6.07, 6.45) is 18.1. The van der Waals surface area contributed by atoms with Crippen LogP contribution in [0.15, 0.2) is 36.0 Å². The first-order valence-electron chi connectivity index (χ1n) is 12.9. The molecule has 4 aliphatic carbocycles. The molecule has 0 amide bonds. The smallest absolute Gasteiger partial charge is 0.311 e. The molecule has 0 saturated heterocycles. The third-order valence-corrected chi connectivity index (χ3v) is 8.54. The van der Waals surface area contributed by atoms with Crippen LogP contribution in [-0.4, -0.2) is 23.8 Å². The minimum Gasteiger partial charge on any atom is -0.462 e. The largest absolute Gasteiger partial charge is 0.462 e. The lowest BCUT2D eigenvalue weighted by molar-refractivity contribution is -0.162. The quantitative estimate of drug-likeness (QED) is 0.346. The summed E-state index contributed by atoms with van der Waals surface area (Å²) in [5.41, 5.74) is 1.02. The lowest BCUT2D eigenvalue weighted by Crippen LogP contribution is -2.41. The van der Waals surface area contributed by atoms with Crippen LogP contribution in [0, 0.1) is 40.9 Å². The second-order valence-corrected chi connectivity index (χ2v) is 12.4. The predicted molar refractivity (Wildman–Crippen MR) is 130 cm³/mol. The lowest BCUT2D eigenvalue weighted by atomic mass is 9.72. The van der Waals surface area contributed by atoms with E-state index in [9.17, 15) is 4.79 Å². The monoisotopic (exact) mass is 440 g/mol. The Labute approximate surface area is 195 Å². The molecular formula is C29H44O3. The van der Waals surface area contributed by atoms with E-state index < -0.39 is 0 Å². The summed E-state index contributed by atoms with van der Waals surface area (Å²) in [4.78, 5) is 12.0. The van der Waals surface area contributed by atoms with Crippen molar-refractivity contribution in [2.45, 2.75) is 98.4 Å². The number of carbonyl (C=O) groups excluding carboxylic acids is 1. The first-order chi connectivity index (χ1) is 15.0. The van der Waals surface area contributed by atoms with Crippen LogP contribution in [0.5, 0.6) is 0 Å². The number of hydrogen-bond acceptors (Lipinski definition) is 3. The van der Waals surface area contributed by atoms with Crippen LogP contribution >= 0.6 is 0 Å². The van der Waals surface area contributed by atoms with Crippen LogP contribution in [0.4, 0.5) is 0 Å². The van der Waals surface area contributed by atoms with Crippen molar-refractivity contribution in [1.29, 1.82) is 0 Å². The molecule has 5 rings (SSSR count). The van der Waals surface area contributed by atoms with E-state index in [-0.39, 0.29) is 29.2 Å². The number of rotatable bonds is 2. The zero-order valence-electron chi connectivity index (χ0n) is 21.3. The predicted octanol–water partition coefficient (Wildman–Crippen LogP) is 6.89. The SMILES string of the molecule is CC(C)(C)C(=O)OC1CC2CC1C1CC=CC21.CC1=CC2(C=CC(C)O2)C(C(C)C)CC1. The van der Waals surface area contributed by atoms with E-state index in [4.69, 9.17) is 9.47 Å². The number of allylic oxidation sites excluding steroid dienone is 3. The Bertz CT molecular complexity index is 798. The molecule has 0 aromatic heterocycles. The molecule has 1 spiro atoms. The van der Waals surface area contributed by atoms with Crippen LogP contribution in [0.3, 0.4) is 0 Å². The van der Waals surface area contributed by atoms with Gasteiger partial charge in [0.05, 0.1) is 11.5 Å². The van der Waals surface area contributed by atoms with E-state index in [2.05, 4.69) is 58.1 Å². The molecule has 0 N–H and O–H groups in total. The molecule has 2 saturated carbocycles. The number of ether oxygens (including phenoxy) is 2. The average molecular weight is 441 g/mol. The van der Waals surface area contributed by atoms with Crippen LogP contribution in [-0.2, 0) is 14.3 Å². The normalized spacial score (nSPS) is 41.6. The molecule has 1 aliphatic heterocycles. The number of carbonyl (C=O) groups is 1. The lowest BCUT2D eigenvalue weighted by Gasteiger charge is -2.40. The Morgan fingerprint density at radius 3 is 2.56 bits per heavy atom. The Hall–Kier alpha value is -1.35. The molecule has 178 valence electrons. The first kappa shape index (κ1) is 23.8. The summed E-state index contributed by atoms with van der Waals surface area (Å²) < 4.78 is 11.9. The van der Waals surface area contributed by atoms with Crippen molar-refractivity contribution in [3.63, 3.8) is 0 Å². The van der Waals surface area contributed by atoms with Gasteiger partial charge in [-0.2, -0.15) is 0 Å². The topological polar surface area (TPSA) is 35.5 Å². The Morgan fingerprint density at radius 1 is 1.19 bits per heavy atom. The molecule has 2 bridgehead atoms. The van der Waals surface area contributed by atoms with Gasteiger partial charge >= 0.3 is 5.97 Å². The molecule has 0 radical (unpaired) electrons. The summed E-state index contributed by atoms with van der Waals surface area (Å²) in [5.74, 6) is 4.27. The Balaban J connectivity index is 0.000000155. The van der Waals surface area contributed by atoms with Gasteiger partial charge < -0.3 is 9.47 Å². The zero-order chi connectivity index (χ0) is 23.3. The van der Waals surface area contributed by atoms with E-state index >= 15 is 0 Å². The molecular weight excluding hydrogens is 396 g/mol. The fourth-order valence-electron chi connectivity index (χ4n) is 6.95. The van der Waals surface area contributed by atoms with Gasteiger partial charge in [0.15, 0.2) is 0 Å². The van der Waals surface area contributed by atoms with Gasteiger partial charge in [-0.15, -0.1) is 0 Å². The summed E-state index contributed by atoms with van der Waals surface area (Å²) >= 11 is 0. The molecule has 1 heterocycles. The minimum atomic E-state index is -0.366. The van der Waals surface area contributed by atoms with Gasteiger partial charge in [-0.1, -0.05) is 43.7 Å². The molecule has 3 nitrogen and oxygen atoms in total. The maximum absolute atomic E-state index is 12.0. The van der Waals surface area contributed by atoms with E-state index in [1.165, 1.54) is 31.3 Å². The average Bonchev–Trinajstić information content (AvgIpc) is 3.44. The van der Waals surface area contributed by atoms with Crippen molar-refractivity contribution >= 4 is 5.97 Å². The maximum atomic E-state index is 12.0. The second-order valence-electron chi connectivity index (χ2n) is 12.4. The number of fused-ring (bicyclic) bond motifs is 5. The summed E-state index contributed by atoms with van der Waals surface area (Å²) in [7, 11) is 0. The third-order valence-electron chi connectivity index (χ3n) is 8.54. The van der Waals surface area contributed by atoms with E-state index in [1.54, 1.807) is 0 Å². The standard InChI is InChI=1S/C15H22O2.C14H22O/c1-15(2,3)14(16)17-13-8-9-7-12(13)11-6-4-5-10(9)11;1-10(2)13-6-5-11(3)9-14(13)8-7-12(4)15-14/h4-5,9-13H,6-8H2,1-3H3;7-10,12-13H,5-6H2,1-4H3. The number of esters is 1. The molecule has 32 heavy (non-hydrogen) atoms. The molecule has 0 aromatic carbocycles. The second kappa shape index (κ2) is 8.78. The third kappa shape index (κ3) is 4.52. The highest BCUT2D eigenvalue weighted by Gasteiger charge is 2.54. The van der Waals surface area contributed by atoms with Gasteiger partial charge in [-0.3, -0.25) is 4.79 Å². The highest BCUT2D eigenvalue weighted by atomic mass is 16.5. The summed E-state index contributed by atoms with van der Waals surface area (Å²) in [6.45, 7) is 14.8. The van der Waals surface area contributed by atoms with Crippen LogP contribution < -0.4 is 0 Å². The van der Waals surface area contributed by atoms with Crippen molar-refractivity contribution in [1.82, 2.24) is 0 Å². The van der Waals surface area contributed by atoms with Gasteiger partial charge in [0.1, 0.15) is 11.7 Å². The van der Waals surface area contributed by atoms with Crippen molar-refractivity contribution in [2.24, 2.45) is 40.9 Å². The van der Waals surface area contributed by atoms with Crippen LogP contribution in [0.2, 0.25) is 0 Å². The molecule has 5 aliphatic rings. The fourth-order valence-corrected chi connectivity index (χ4v) is 6.95. The fraction of sp³-hybridized carbons (Fsp3) is 0.759. The Morgan fingerprint density at radius 2 is 1.94 bits per heavy atom. The first-order valence-corrected chi connectivity index (χ1v) is 12.9. The van der Waals surface area contributed by atoms with Crippen molar-refractivity contribution in [3.05, 3.63) is 36.0 Å². The molecule has 2 fully saturated rings. The van der Waals surface area contributed by atoms with Gasteiger partial charge in [-0.25, -0.2) is 0 Å². The van der Waals surface area contributed by atoms with Crippen molar-refractivity contribution in [2.75, 3.05) is 0 Å². The highest BCUT2D eigenvalue weighted by molar-refractivity contribution is 5.75. The molecule has 8 atom stereocenters. The maximum Gasteiger partial charge on any atom is 0.311 e. The zero-order valence-corrected chi connectivity index (χ0v) is 21.3.